The molecule has 0 bridgehead atoms. The van der Waals surface area contributed by atoms with Gasteiger partial charge >= 0.3 is 6.18 Å². The number of benzene rings is 1. The predicted octanol–water partition coefficient (Wildman–Crippen LogP) is 5.31. The Hall–Kier alpha value is -1.17. The summed E-state index contributed by atoms with van der Waals surface area (Å²) >= 11 is 1.16. The zero-order valence-corrected chi connectivity index (χ0v) is 13.8. The first-order valence-corrected chi connectivity index (χ1v) is 7.48. The van der Waals surface area contributed by atoms with Crippen LogP contribution in [0.4, 0.5) is 13.2 Å². The van der Waals surface area contributed by atoms with Crippen molar-refractivity contribution >= 4 is 21.7 Å². The van der Waals surface area contributed by atoms with Crippen LogP contribution < -0.4 is 0 Å². The summed E-state index contributed by atoms with van der Waals surface area (Å²) in [6.07, 6.45) is -4.40. The number of rotatable bonds is 0. The van der Waals surface area contributed by atoms with Crippen LogP contribution in [0.5, 0.6) is 0 Å². The van der Waals surface area contributed by atoms with Crippen LogP contribution in [0.15, 0.2) is 6.07 Å². The SMILES string of the molecule is CC(C)(C)c1c(C(F)(F)F)cc(C(C)(C)C)c2snnc12. The molecule has 116 valence electrons. The third-order valence-electron chi connectivity index (χ3n) is 3.39. The molecule has 1 heterocycles. The Morgan fingerprint density at radius 1 is 0.905 bits per heavy atom. The molecule has 6 heteroatoms. The van der Waals surface area contributed by atoms with Gasteiger partial charge in [-0.25, -0.2) is 0 Å². The van der Waals surface area contributed by atoms with Gasteiger partial charge < -0.3 is 0 Å². The molecule has 0 atom stereocenters. The van der Waals surface area contributed by atoms with E-state index in [0.717, 1.165) is 16.2 Å². The molecule has 0 aliphatic carbocycles. The van der Waals surface area contributed by atoms with E-state index in [1.54, 1.807) is 20.8 Å². The second-order valence-electron chi connectivity index (χ2n) is 7.30. The van der Waals surface area contributed by atoms with Crippen molar-refractivity contribution in [3.63, 3.8) is 0 Å². The van der Waals surface area contributed by atoms with E-state index in [2.05, 4.69) is 9.59 Å². The van der Waals surface area contributed by atoms with Gasteiger partial charge in [-0.3, -0.25) is 0 Å². The fourth-order valence-corrected chi connectivity index (χ4v) is 3.38. The first-order chi connectivity index (χ1) is 9.33. The lowest BCUT2D eigenvalue weighted by atomic mass is 9.78. The van der Waals surface area contributed by atoms with E-state index >= 15 is 0 Å². The number of nitrogens with zero attached hydrogens (tertiary/aromatic N) is 2. The molecule has 1 aromatic carbocycles. The summed E-state index contributed by atoms with van der Waals surface area (Å²) in [5.41, 5.74) is -0.398. The number of fused-ring (bicyclic) bond motifs is 1. The molecule has 0 N–H and O–H groups in total. The summed E-state index contributed by atoms with van der Waals surface area (Å²) in [4.78, 5) is 0. The van der Waals surface area contributed by atoms with Crippen LogP contribution in [0.2, 0.25) is 0 Å². The Morgan fingerprint density at radius 3 is 1.90 bits per heavy atom. The molecular weight excluding hydrogens is 297 g/mol. The highest BCUT2D eigenvalue weighted by Gasteiger charge is 2.40. The van der Waals surface area contributed by atoms with E-state index in [1.165, 1.54) is 6.07 Å². The zero-order chi connectivity index (χ0) is 16.2. The standard InChI is InChI=1S/C15H19F3N2S/c1-13(2,3)9-7-8(15(16,17)18)10(14(4,5)6)11-12(9)21-20-19-11/h7H,1-6H3. The molecule has 0 saturated heterocycles. The van der Waals surface area contributed by atoms with Crippen LogP contribution in [0.25, 0.3) is 10.2 Å². The van der Waals surface area contributed by atoms with E-state index in [1.807, 2.05) is 20.8 Å². The molecule has 21 heavy (non-hydrogen) atoms. The van der Waals surface area contributed by atoms with Crippen LogP contribution >= 0.6 is 11.5 Å². The summed E-state index contributed by atoms with van der Waals surface area (Å²) in [6.45, 7) is 11.0. The summed E-state index contributed by atoms with van der Waals surface area (Å²) < 4.78 is 45.3. The topological polar surface area (TPSA) is 25.8 Å². The predicted molar refractivity (Wildman–Crippen MR) is 79.8 cm³/mol. The second kappa shape index (κ2) is 4.66. The van der Waals surface area contributed by atoms with Crippen LogP contribution in [0.1, 0.15) is 58.2 Å². The Kier molecular flexibility index (Phi) is 3.60. The molecule has 0 spiro atoms. The van der Waals surface area contributed by atoms with Gasteiger partial charge in [0.15, 0.2) is 0 Å². The number of hydrogen-bond donors (Lipinski definition) is 0. The number of alkyl halides is 3. The van der Waals surface area contributed by atoms with Gasteiger partial charge in [-0.05, 0) is 39.6 Å². The highest BCUT2D eigenvalue weighted by molar-refractivity contribution is 7.13. The van der Waals surface area contributed by atoms with Crippen molar-refractivity contribution in [1.29, 1.82) is 0 Å². The number of hydrogen-bond acceptors (Lipinski definition) is 3. The van der Waals surface area contributed by atoms with Crippen LogP contribution in [0.3, 0.4) is 0 Å². The molecule has 0 fully saturated rings. The summed E-state index contributed by atoms with van der Waals surface area (Å²) in [5, 5.41) is 4.00. The van der Waals surface area contributed by atoms with Crippen molar-refractivity contribution in [2.75, 3.05) is 0 Å². The number of halogens is 3. The first kappa shape index (κ1) is 16.2. The monoisotopic (exact) mass is 316 g/mol. The van der Waals surface area contributed by atoms with E-state index in [-0.39, 0.29) is 5.56 Å². The lowest BCUT2D eigenvalue weighted by molar-refractivity contribution is -0.138. The first-order valence-electron chi connectivity index (χ1n) is 6.70. The van der Waals surface area contributed by atoms with Gasteiger partial charge in [-0.1, -0.05) is 46.0 Å². The average Bonchev–Trinajstić information content (AvgIpc) is 2.70. The minimum atomic E-state index is -4.40. The molecule has 0 aliphatic rings. The van der Waals surface area contributed by atoms with Gasteiger partial charge in [-0.15, -0.1) is 5.10 Å². The minimum Gasteiger partial charge on any atom is -0.166 e. The summed E-state index contributed by atoms with van der Waals surface area (Å²) in [5.74, 6) is 0. The van der Waals surface area contributed by atoms with Crippen molar-refractivity contribution < 1.29 is 13.2 Å². The molecule has 1 aromatic heterocycles. The maximum absolute atomic E-state index is 13.5. The van der Waals surface area contributed by atoms with Gasteiger partial charge in [0.2, 0.25) is 0 Å². The van der Waals surface area contributed by atoms with E-state index in [0.29, 0.717) is 11.1 Å². The van der Waals surface area contributed by atoms with Gasteiger partial charge in [0.25, 0.3) is 0 Å². The second-order valence-corrected chi connectivity index (χ2v) is 8.05. The Balaban J connectivity index is 2.99. The lowest BCUT2D eigenvalue weighted by Gasteiger charge is -2.28. The Bertz CT molecular complexity index is 673. The number of aromatic nitrogens is 2. The maximum atomic E-state index is 13.5. The van der Waals surface area contributed by atoms with Crippen LogP contribution in [-0.2, 0) is 17.0 Å². The van der Waals surface area contributed by atoms with Gasteiger partial charge in [0.1, 0.15) is 5.52 Å². The Labute approximate surface area is 126 Å². The van der Waals surface area contributed by atoms with Crippen molar-refractivity contribution in [1.82, 2.24) is 9.59 Å². The molecule has 2 rings (SSSR count). The van der Waals surface area contributed by atoms with Gasteiger partial charge in [-0.2, -0.15) is 13.2 Å². The van der Waals surface area contributed by atoms with Crippen molar-refractivity contribution in [3.8, 4) is 0 Å². The minimum absolute atomic E-state index is 0.228. The maximum Gasteiger partial charge on any atom is 0.416 e. The van der Waals surface area contributed by atoms with Gasteiger partial charge in [0, 0.05) is 0 Å². The fourth-order valence-electron chi connectivity index (χ4n) is 2.48. The normalized spacial score (nSPS) is 14.0. The van der Waals surface area contributed by atoms with Crippen molar-refractivity contribution in [3.05, 3.63) is 22.8 Å². The fraction of sp³-hybridized carbons (Fsp3) is 0.600. The molecule has 0 saturated carbocycles. The lowest BCUT2D eigenvalue weighted by Crippen LogP contribution is -2.22. The molecule has 2 nitrogen and oxygen atoms in total. The molecule has 0 aliphatic heterocycles. The third-order valence-corrected chi connectivity index (χ3v) is 4.15. The highest BCUT2D eigenvalue weighted by atomic mass is 32.1. The van der Waals surface area contributed by atoms with E-state index in [4.69, 9.17) is 0 Å². The highest BCUT2D eigenvalue weighted by Crippen LogP contribution is 2.45. The zero-order valence-electron chi connectivity index (χ0n) is 13.0. The van der Waals surface area contributed by atoms with Gasteiger partial charge in [0.05, 0.1) is 10.3 Å². The largest absolute Gasteiger partial charge is 0.416 e. The van der Waals surface area contributed by atoms with E-state index in [9.17, 15) is 13.2 Å². The van der Waals surface area contributed by atoms with Crippen LogP contribution in [0, 0.1) is 0 Å². The average molecular weight is 316 g/mol. The molecule has 0 unspecified atom stereocenters. The smallest absolute Gasteiger partial charge is 0.166 e. The summed E-state index contributed by atoms with van der Waals surface area (Å²) in [7, 11) is 0. The molecular formula is C15H19F3N2S. The Morgan fingerprint density at radius 2 is 1.48 bits per heavy atom. The summed E-state index contributed by atoms with van der Waals surface area (Å²) in [6, 6.07) is 1.28. The third kappa shape index (κ3) is 2.91. The van der Waals surface area contributed by atoms with Crippen LogP contribution in [-0.4, -0.2) is 9.59 Å². The van der Waals surface area contributed by atoms with Crippen molar-refractivity contribution in [2.24, 2.45) is 0 Å². The molecule has 0 amide bonds. The quantitative estimate of drug-likeness (QED) is 0.658. The molecule has 0 radical (unpaired) electrons. The van der Waals surface area contributed by atoms with Crippen molar-refractivity contribution in [2.45, 2.75) is 58.5 Å². The molecule has 2 aromatic rings. The van der Waals surface area contributed by atoms with E-state index < -0.39 is 22.6 Å².